The van der Waals surface area contributed by atoms with Gasteiger partial charge in [-0.25, -0.2) is 0 Å². The van der Waals surface area contributed by atoms with Gasteiger partial charge in [0.15, 0.2) is 0 Å². The first kappa shape index (κ1) is 13.1. The Morgan fingerprint density at radius 1 is 1.35 bits per heavy atom. The number of rotatable bonds is 4. The van der Waals surface area contributed by atoms with Crippen molar-refractivity contribution < 1.29 is 4.74 Å². The summed E-state index contributed by atoms with van der Waals surface area (Å²) in [5.74, 6) is 0.787. The summed E-state index contributed by atoms with van der Waals surface area (Å²) in [7, 11) is 0. The maximum Gasteiger partial charge on any atom is 0.280 e. The molecule has 106 valence electrons. The van der Waals surface area contributed by atoms with Gasteiger partial charge in [-0.05, 0) is 37.9 Å². The Morgan fingerprint density at radius 2 is 2.30 bits per heavy atom. The molecule has 0 aliphatic carbocycles. The van der Waals surface area contributed by atoms with E-state index in [1.807, 2.05) is 12.1 Å². The number of H-pyrrole nitrogens is 1. The van der Waals surface area contributed by atoms with E-state index < -0.39 is 0 Å². The summed E-state index contributed by atoms with van der Waals surface area (Å²) in [6.07, 6.45) is 6.26. The third kappa shape index (κ3) is 2.99. The van der Waals surface area contributed by atoms with E-state index in [1.165, 1.54) is 25.6 Å². The van der Waals surface area contributed by atoms with Gasteiger partial charge in [0.05, 0.1) is 23.8 Å². The van der Waals surface area contributed by atoms with Crippen LogP contribution in [0.5, 0.6) is 5.75 Å². The van der Waals surface area contributed by atoms with E-state index in [9.17, 15) is 4.79 Å². The molecular weight excluding hydrogens is 254 g/mol. The van der Waals surface area contributed by atoms with Crippen LogP contribution in [-0.4, -0.2) is 29.2 Å². The highest BCUT2D eigenvalue weighted by Crippen LogP contribution is 2.17. The van der Waals surface area contributed by atoms with Crippen LogP contribution < -0.4 is 15.6 Å². The van der Waals surface area contributed by atoms with Crippen molar-refractivity contribution in [3.8, 4) is 5.75 Å². The number of aromatic nitrogens is 2. The minimum absolute atomic E-state index is 0.211. The average Bonchev–Trinajstić information content (AvgIpc) is 2.48. The lowest BCUT2D eigenvalue weighted by Crippen LogP contribution is -2.35. The highest BCUT2D eigenvalue weighted by atomic mass is 16.5. The molecule has 2 N–H and O–H groups in total. The SMILES string of the molecule is O=c1nc[nH]c2cc(OCCC3CCCCN3)ccc12. The molecule has 0 saturated carbocycles. The lowest BCUT2D eigenvalue weighted by atomic mass is 10.0. The summed E-state index contributed by atoms with van der Waals surface area (Å²) in [5.41, 5.74) is 0.551. The van der Waals surface area contributed by atoms with Crippen LogP contribution in [0.1, 0.15) is 25.7 Å². The largest absolute Gasteiger partial charge is 0.493 e. The first-order valence-electron chi connectivity index (χ1n) is 7.16. The number of nitrogens with zero attached hydrogens (tertiary/aromatic N) is 1. The molecule has 5 nitrogen and oxygen atoms in total. The van der Waals surface area contributed by atoms with E-state index in [1.54, 1.807) is 6.07 Å². The Balaban J connectivity index is 1.61. The van der Waals surface area contributed by atoms with Gasteiger partial charge in [-0.2, -0.15) is 4.98 Å². The minimum Gasteiger partial charge on any atom is -0.493 e. The van der Waals surface area contributed by atoms with Gasteiger partial charge in [0.25, 0.3) is 5.56 Å². The molecule has 0 radical (unpaired) electrons. The van der Waals surface area contributed by atoms with Crippen molar-refractivity contribution in [2.75, 3.05) is 13.2 Å². The second-order valence-corrected chi connectivity index (χ2v) is 5.20. The fraction of sp³-hybridized carbons (Fsp3) is 0.467. The van der Waals surface area contributed by atoms with Gasteiger partial charge in [0, 0.05) is 12.1 Å². The summed E-state index contributed by atoms with van der Waals surface area (Å²) in [5, 5.41) is 4.10. The highest BCUT2D eigenvalue weighted by Gasteiger charge is 2.12. The summed E-state index contributed by atoms with van der Waals surface area (Å²) in [4.78, 5) is 18.2. The van der Waals surface area contributed by atoms with Crippen LogP contribution in [-0.2, 0) is 0 Å². The van der Waals surface area contributed by atoms with Crippen molar-refractivity contribution in [2.24, 2.45) is 0 Å². The van der Waals surface area contributed by atoms with Crippen LogP contribution in [0, 0.1) is 0 Å². The molecule has 1 unspecified atom stereocenters. The predicted molar refractivity (Wildman–Crippen MR) is 78.1 cm³/mol. The van der Waals surface area contributed by atoms with Gasteiger partial charge in [-0.1, -0.05) is 6.42 Å². The van der Waals surface area contributed by atoms with E-state index in [-0.39, 0.29) is 5.56 Å². The lowest BCUT2D eigenvalue weighted by molar-refractivity contribution is 0.268. The van der Waals surface area contributed by atoms with Crippen LogP contribution in [0.3, 0.4) is 0 Å². The normalized spacial score (nSPS) is 19.1. The number of ether oxygens (including phenoxy) is 1. The van der Waals surface area contributed by atoms with Gasteiger partial charge in [-0.15, -0.1) is 0 Å². The number of benzene rings is 1. The zero-order valence-electron chi connectivity index (χ0n) is 11.4. The van der Waals surface area contributed by atoms with Gasteiger partial charge < -0.3 is 15.0 Å². The molecular formula is C15H19N3O2. The van der Waals surface area contributed by atoms with E-state index in [4.69, 9.17) is 4.74 Å². The molecule has 1 aromatic carbocycles. The Kier molecular flexibility index (Phi) is 3.97. The molecule has 1 fully saturated rings. The number of aromatic amines is 1. The number of piperidine rings is 1. The van der Waals surface area contributed by atoms with E-state index in [2.05, 4.69) is 15.3 Å². The van der Waals surface area contributed by atoms with Crippen molar-refractivity contribution in [1.29, 1.82) is 0 Å². The zero-order valence-corrected chi connectivity index (χ0v) is 11.4. The molecule has 2 heterocycles. The Hall–Kier alpha value is -1.88. The zero-order chi connectivity index (χ0) is 13.8. The topological polar surface area (TPSA) is 67.0 Å². The number of hydrogen-bond donors (Lipinski definition) is 2. The molecule has 3 rings (SSSR count). The molecule has 1 aliphatic heterocycles. The standard InChI is InChI=1S/C15H19N3O2/c19-15-13-5-4-12(9-14(13)17-10-18-15)20-8-6-11-3-1-2-7-16-11/h4-5,9-11,16H,1-3,6-8H2,(H,17,18,19). The predicted octanol–water partition coefficient (Wildman–Crippen LogP) is 1.83. The van der Waals surface area contributed by atoms with Gasteiger partial charge in [-0.3, -0.25) is 4.79 Å². The Labute approximate surface area is 117 Å². The molecule has 1 aliphatic rings. The monoisotopic (exact) mass is 273 g/mol. The van der Waals surface area contributed by atoms with Gasteiger partial charge in [0.2, 0.25) is 0 Å². The number of fused-ring (bicyclic) bond motifs is 1. The van der Waals surface area contributed by atoms with Gasteiger partial charge >= 0.3 is 0 Å². The third-order valence-electron chi connectivity index (χ3n) is 3.77. The van der Waals surface area contributed by atoms with E-state index in [0.29, 0.717) is 18.0 Å². The van der Waals surface area contributed by atoms with Crippen LogP contribution >= 0.6 is 0 Å². The maximum atomic E-state index is 11.5. The first-order chi connectivity index (χ1) is 9.83. The number of hydrogen-bond acceptors (Lipinski definition) is 4. The van der Waals surface area contributed by atoms with Crippen molar-refractivity contribution in [3.63, 3.8) is 0 Å². The molecule has 2 aromatic rings. The fourth-order valence-electron chi connectivity index (χ4n) is 2.64. The first-order valence-corrected chi connectivity index (χ1v) is 7.16. The molecule has 1 saturated heterocycles. The van der Waals surface area contributed by atoms with Crippen LogP contribution in [0.25, 0.3) is 10.9 Å². The van der Waals surface area contributed by atoms with Gasteiger partial charge in [0.1, 0.15) is 5.75 Å². The third-order valence-corrected chi connectivity index (χ3v) is 3.77. The number of nitrogens with one attached hydrogen (secondary N) is 2. The van der Waals surface area contributed by atoms with Crippen LogP contribution in [0.4, 0.5) is 0 Å². The van der Waals surface area contributed by atoms with Crippen LogP contribution in [0.2, 0.25) is 0 Å². The van der Waals surface area contributed by atoms with Crippen molar-refractivity contribution in [3.05, 3.63) is 34.9 Å². The maximum absolute atomic E-state index is 11.5. The smallest absolute Gasteiger partial charge is 0.280 e. The molecule has 0 amide bonds. The quantitative estimate of drug-likeness (QED) is 0.892. The second-order valence-electron chi connectivity index (χ2n) is 5.20. The second kappa shape index (κ2) is 6.05. The van der Waals surface area contributed by atoms with Crippen molar-refractivity contribution in [2.45, 2.75) is 31.7 Å². The van der Waals surface area contributed by atoms with Crippen molar-refractivity contribution in [1.82, 2.24) is 15.3 Å². The molecule has 5 heteroatoms. The lowest BCUT2D eigenvalue weighted by Gasteiger charge is -2.23. The summed E-state index contributed by atoms with van der Waals surface area (Å²) in [6, 6.07) is 6.02. The summed E-state index contributed by atoms with van der Waals surface area (Å²) in [6.45, 7) is 1.81. The van der Waals surface area contributed by atoms with Crippen LogP contribution in [0.15, 0.2) is 29.3 Å². The average molecular weight is 273 g/mol. The Bertz CT molecular complexity index is 632. The van der Waals surface area contributed by atoms with E-state index >= 15 is 0 Å². The minimum atomic E-state index is -0.211. The molecule has 1 aromatic heterocycles. The van der Waals surface area contributed by atoms with Crippen molar-refractivity contribution >= 4 is 10.9 Å². The highest BCUT2D eigenvalue weighted by molar-refractivity contribution is 5.78. The molecule has 0 spiro atoms. The summed E-state index contributed by atoms with van der Waals surface area (Å²) >= 11 is 0. The molecule has 0 bridgehead atoms. The molecule has 20 heavy (non-hydrogen) atoms. The fourth-order valence-corrected chi connectivity index (χ4v) is 2.64. The Morgan fingerprint density at radius 3 is 3.15 bits per heavy atom. The van der Waals surface area contributed by atoms with E-state index in [0.717, 1.165) is 24.2 Å². The molecule has 1 atom stereocenters. The summed E-state index contributed by atoms with van der Waals surface area (Å²) < 4.78 is 5.77.